The van der Waals surface area contributed by atoms with Gasteiger partial charge in [0.1, 0.15) is 47.6 Å². The van der Waals surface area contributed by atoms with Crippen LogP contribution < -0.4 is 10.2 Å². The second kappa shape index (κ2) is 8.39. The summed E-state index contributed by atoms with van der Waals surface area (Å²) in [5.41, 5.74) is 0.499. The first-order valence-corrected chi connectivity index (χ1v) is 9.32. The molecule has 0 spiro atoms. The molecule has 0 saturated carbocycles. The van der Waals surface area contributed by atoms with Crippen molar-refractivity contribution in [2.45, 2.75) is 56.9 Å². The van der Waals surface area contributed by atoms with E-state index < -0.39 is 43.2 Å². The molecule has 1 fully saturated rings. The Morgan fingerprint density at radius 3 is 2.45 bits per heavy atom. The van der Waals surface area contributed by atoms with Crippen LogP contribution in [0.25, 0.3) is 11.0 Å². The number of rotatable bonds is 5. The van der Waals surface area contributed by atoms with E-state index in [1.54, 1.807) is 19.9 Å². The first kappa shape index (κ1) is 21.7. The van der Waals surface area contributed by atoms with Gasteiger partial charge in [0, 0.05) is 12.5 Å². The number of hydrogen-bond donors (Lipinski definition) is 5. The molecular weight excluding hydrogens is 384 g/mol. The Labute approximate surface area is 166 Å². The lowest BCUT2D eigenvalue weighted by Crippen LogP contribution is -2.55. The summed E-state index contributed by atoms with van der Waals surface area (Å²) in [6, 6.07) is 2.88. The summed E-state index contributed by atoms with van der Waals surface area (Å²) < 4.78 is 17.0. The second-order valence-corrected chi connectivity index (χ2v) is 7.39. The Morgan fingerprint density at radius 1 is 1.17 bits per heavy atom. The molecule has 5 N–H and O–H groups in total. The number of benzene rings is 1. The first-order chi connectivity index (χ1) is 13.7. The van der Waals surface area contributed by atoms with Crippen molar-refractivity contribution in [3.05, 3.63) is 39.2 Å². The summed E-state index contributed by atoms with van der Waals surface area (Å²) in [5.74, 6) is 0.479. The van der Waals surface area contributed by atoms with Gasteiger partial charge in [0.2, 0.25) is 0 Å². The number of hydrogen-bond acceptors (Lipinski definition) is 9. The maximum atomic E-state index is 12.7. The first-order valence-electron chi connectivity index (χ1n) is 9.32. The van der Waals surface area contributed by atoms with Crippen molar-refractivity contribution in [3.63, 3.8) is 0 Å². The Morgan fingerprint density at radius 2 is 1.86 bits per heavy atom. The summed E-state index contributed by atoms with van der Waals surface area (Å²) in [4.78, 5) is 12.7. The molecule has 1 aromatic heterocycles. The Bertz CT molecular complexity index is 934. The van der Waals surface area contributed by atoms with E-state index >= 15 is 0 Å². The monoisotopic (exact) mass is 410 g/mol. The highest BCUT2D eigenvalue weighted by atomic mass is 16.5. The normalized spacial score (nSPS) is 28.5. The number of aryl methyl sites for hydroxylation is 1. The van der Waals surface area contributed by atoms with E-state index in [0.717, 1.165) is 0 Å². The van der Waals surface area contributed by atoms with Crippen LogP contribution >= 0.6 is 0 Å². The van der Waals surface area contributed by atoms with Gasteiger partial charge in [0.25, 0.3) is 0 Å². The summed E-state index contributed by atoms with van der Waals surface area (Å²) in [5, 5.41) is 50.2. The standard InChI is InChI=1S/C20H26O9/c1-8-4-12(27-3)15(20-18(26)17(25)16(24)13(7-21)29-20)19-14(8)11(23)6-10(28-19)5-9(2)22/h4,6,9,13,16-18,20-22,24-26H,5,7H2,1-3H3/t9-,13-,16-,17+,18-,20-/m1/s1. The van der Waals surface area contributed by atoms with E-state index in [1.165, 1.54) is 13.2 Å². The molecule has 9 heteroatoms. The van der Waals surface area contributed by atoms with E-state index in [4.69, 9.17) is 13.9 Å². The van der Waals surface area contributed by atoms with Gasteiger partial charge in [-0.3, -0.25) is 4.79 Å². The zero-order chi connectivity index (χ0) is 21.5. The summed E-state index contributed by atoms with van der Waals surface area (Å²) in [6.45, 7) is 2.66. The minimum absolute atomic E-state index is 0.0920. The number of ether oxygens (including phenoxy) is 2. The van der Waals surface area contributed by atoms with Crippen LogP contribution in [0.4, 0.5) is 0 Å². The van der Waals surface area contributed by atoms with Gasteiger partial charge in [0.15, 0.2) is 5.43 Å². The van der Waals surface area contributed by atoms with E-state index in [0.29, 0.717) is 5.56 Å². The van der Waals surface area contributed by atoms with Gasteiger partial charge in [-0.25, -0.2) is 0 Å². The highest BCUT2D eigenvalue weighted by Crippen LogP contribution is 2.41. The van der Waals surface area contributed by atoms with Crippen LogP contribution in [0.3, 0.4) is 0 Å². The zero-order valence-corrected chi connectivity index (χ0v) is 16.4. The largest absolute Gasteiger partial charge is 0.496 e. The maximum Gasteiger partial charge on any atom is 0.193 e. The van der Waals surface area contributed by atoms with Crippen LogP contribution in [0, 0.1) is 6.92 Å². The fourth-order valence-electron chi connectivity index (χ4n) is 3.73. The van der Waals surface area contributed by atoms with Crippen molar-refractivity contribution in [1.82, 2.24) is 0 Å². The van der Waals surface area contributed by atoms with E-state index in [1.807, 2.05) is 0 Å². The lowest BCUT2D eigenvalue weighted by Gasteiger charge is -2.40. The second-order valence-electron chi connectivity index (χ2n) is 7.39. The summed E-state index contributed by atoms with van der Waals surface area (Å²) in [6.07, 6.45) is -7.72. The van der Waals surface area contributed by atoms with E-state index in [2.05, 4.69) is 0 Å². The molecule has 6 atom stereocenters. The highest BCUT2D eigenvalue weighted by Gasteiger charge is 2.46. The van der Waals surface area contributed by atoms with E-state index in [9.17, 15) is 30.3 Å². The van der Waals surface area contributed by atoms with Gasteiger partial charge in [-0.05, 0) is 25.5 Å². The lowest BCUT2D eigenvalue weighted by atomic mass is 9.89. The molecule has 0 aliphatic carbocycles. The topological polar surface area (TPSA) is 150 Å². The molecular formula is C20H26O9. The van der Waals surface area contributed by atoms with Gasteiger partial charge in [-0.15, -0.1) is 0 Å². The van der Waals surface area contributed by atoms with Crippen LogP contribution in [0.5, 0.6) is 5.75 Å². The van der Waals surface area contributed by atoms with Crippen molar-refractivity contribution >= 4 is 11.0 Å². The molecule has 1 saturated heterocycles. The average Bonchev–Trinajstić information content (AvgIpc) is 2.66. The van der Waals surface area contributed by atoms with Crippen LogP contribution in [0.15, 0.2) is 21.3 Å². The number of fused-ring (bicyclic) bond motifs is 1. The van der Waals surface area contributed by atoms with Crippen molar-refractivity contribution in [1.29, 1.82) is 0 Å². The van der Waals surface area contributed by atoms with Crippen molar-refractivity contribution < 1.29 is 39.4 Å². The predicted octanol–water partition coefficient (Wildman–Crippen LogP) is -0.452. The van der Waals surface area contributed by atoms with Gasteiger partial charge < -0.3 is 39.4 Å². The number of aliphatic hydroxyl groups excluding tert-OH is 5. The molecule has 160 valence electrons. The Balaban J connectivity index is 2.28. The number of aliphatic hydroxyl groups is 5. The fraction of sp³-hybridized carbons (Fsp3) is 0.550. The van der Waals surface area contributed by atoms with Crippen molar-refractivity contribution in [2.24, 2.45) is 0 Å². The quantitative estimate of drug-likeness (QED) is 0.441. The molecule has 1 aliphatic heterocycles. The van der Waals surface area contributed by atoms with Gasteiger partial charge in [-0.2, -0.15) is 0 Å². The third kappa shape index (κ3) is 3.89. The van der Waals surface area contributed by atoms with Crippen molar-refractivity contribution in [3.8, 4) is 5.75 Å². The summed E-state index contributed by atoms with van der Waals surface area (Å²) >= 11 is 0. The minimum Gasteiger partial charge on any atom is -0.496 e. The molecule has 1 aliphatic rings. The van der Waals surface area contributed by atoms with Crippen molar-refractivity contribution in [2.75, 3.05) is 13.7 Å². The highest BCUT2D eigenvalue weighted by molar-refractivity contribution is 5.86. The molecule has 0 amide bonds. The molecule has 0 unspecified atom stereocenters. The van der Waals surface area contributed by atoms with Gasteiger partial charge in [0.05, 0.1) is 30.8 Å². The third-order valence-electron chi connectivity index (χ3n) is 5.14. The number of methoxy groups -OCH3 is 1. The molecule has 0 radical (unpaired) electrons. The lowest BCUT2D eigenvalue weighted by molar-refractivity contribution is -0.231. The fourth-order valence-corrected chi connectivity index (χ4v) is 3.73. The third-order valence-corrected chi connectivity index (χ3v) is 5.14. The molecule has 3 rings (SSSR count). The Kier molecular flexibility index (Phi) is 6.27. The molecule has 2 heterocycles. The maximum absolute atomic E-state index is 12.7. The molecule has 29 heavy (non-hydrogen) atoms. The molecule has 0 bridgehead atoms. The van der Waals surface area contributed by atoms with Crippen LogP contribution in [0.2, 0.25) is 0 Å². The SMILES string of the molecule is COc1cc(C)c2c(=O)cc(C[C@@H](C)O)oc2c1[C@H]1O[C@H](CO)[C@@H](O)[C@H](O)[C@H]1O. The van der Waals surface area contributed by atoms with Crippen LogP contribution in [-0.4, -0.2) is 69.8 Å². The summed E-state index contributed by atoms with van der Waals surface area (Å²) in [7, 11) is 1.39. The van der Waals surface area contributed by atoms with E-state index in [-0.39, 0.29) is 39.9 Å². The minimum atomic E-state index is -1.60. The van der Waals surface area contributed by atoms with Crippen LogP contribution in [-0.2, 0) is 11.2 Å². The average molecular weight is 410 g/mol. The predicted molar refractivity (Wildman–Crippen MR) is 102 cm³/mol. The molecule has 2 aromatic rings. The Hall–Kier alpha value is -2.01. The molecule has 9 nitrogen and oxygen atoms in total. The zero-order valence-electron chi connectivity index (χ0n) is 16.4. The smallest absolute Gasteiger partial charge is 0.193 e. The van der Waals surface area contributed by atoms with Gasteiger partial charge in [-0.1, -0.05) is 0 Å². The van der Waals surface area contributed by atoms with Crippen LogP contribution in [0.1, 0.15) is 29.9 Å². The molecule has 1 aromatic carbocycles. The van der Waals surface area contributed by atoms with Gasteiger partial charge >= 0.3 is 0 Å².